The van der Waals surface area contributed by atoms with Gasteiger partial charge in [0, 0.05) is 63.2 Å². The SMILES string of the molecule is CNC(=O)COc1cc2cc(Nc3nc(N4CCC(O[C@@H]5C[C@@H](Oc6ccc7c(c6)C(=O)N(C6CCC(=O)NC6=O)C7=O)CN(C)C5)CC4)ncc3Cl)ccc2n(C(C)C)c1=O. The van der Waals surface area contributed by atoms with Crippen molar-refractivity contribution in [2.75, 3.05) is 57.1 Å². The molecule has 3 atom stereocenters. The smallest absolute Gasteiger partial charge is 0.293 e. The summed E-state index contributed by atoms with van der Waals surface area (Å²) in [5.74, 6) is -1.12. The number of anilines is 3. The number of halogens is 1. The Labute approximate surface area is 361 Å². The standard InChI is InChI=1S/C43H48ClN9O9/c1-23(2)52-33-8-5-25(15-24(33)16-35(42(52)59)60-22-37(55)45-3)47-38-32(44)19-46-43(49-38)51-13-11-26(12-14-51)61-28-17-29(21-50(4)20-28)62-27-6-7-30-31(18-27)41(58)53(40(30)57)34-9-10-36(54)48-39(34)56/h5-8,15-16,18-19,23,26,28-29,34H,9-14,17,20-22H2,1-4H3,(H,45,55)(H,46,47,49)(H,48,54,56)/t28-,29-,34?/m1/s1. The maximum atomic E-state index is 13.4. The molecule has 326 valence electrons. The van der Waals surface area contributed by atoms with Gasteiger partial charge in [-0.05, 0) is 82.6 Å². The Kier molecular flexibility index (Phi) is 12.2. The monoisotopic (exact) mass is 869 g/mol. The Morgan fingerprint density at radius 2 is 1.71 bits per heavy atom. The van der Waals surface area contributed by atoms with E-state index in [4.69, 9.17) is 30.8 Å². The molecule has 19 heteroatoms. The normalized spacial score (nSPS) is 21.0. The van der Waals surface area contributed by atoms with E-state index in [0.717, 1.165) is 29.7 Å². The number of carbonyl (C=O) groups excluding carboxylic acids is 5. The number of ether oxygens (including phenoxy) is 3. The largest absolute Gasteiger partial charge is 0.489 e. The predicted octanol–water partition coefficient (Wildman–Crippen LogP) is 3.43. The second-order valence-electron chi connectivity index (χ2n) is 16.3. The van der Waals surface area contributed by atoms with Gasteiger partial charge in [-0.1, -0.05) is 11.6 Å². The number of nitrogens with zero attached hydrogens (tertiary/aromatic N) is 6. The third kappa shape index (κ3) is 8.80. The fourth-order valence-corrected chi connectivity index (χ4v) is 8.68. The van der Waals surface area contributed by atoms with Crippen LogP contribution in [-0.4, -0.2) is 125 Å². The molecule has 62 heavy (non-hydrogen) atoms. The van der Waals surface area contributed by atoms with Gasteiger partial charge in [0.1, 0.15) is 22.9 Å². The molecule has 4 aliphatic heterocycles. The van der Waals surface area contributed by atoms with Crippen LogP contribution in [0.3, 0.4) is 0 Å². The van der Waals surface area contributed by atoms with E-state index in [-0.39, 0.29) is 72.1 Å². The van der Waals surface area contributed by atoms with Gasteiger partial charge in [-0.15, -0.1) is 0 Å². The molecule has 0 saturated carbocycles. The van der Waals surface area contributed by atoms with Crippen LogP contribution in [0.25, 0.3) is 10.9 Å². The summed E-state index contributed by atoms with van der Waals surface area (Å²) < 4.78 is 20.3. The molecule has 8 rings (SSSR count). The molecule has 2 aromatic carbocycles. The van der Waals surface area contributed by atoms with Gasteiger partial charge in [0.15, 0.2) is 18.2 Å². The molecule has 18 nitrogen and oxygen atoms in total. The van der Waals surface area contributed by atoms with Crippen LogP contribution >= 0.6 is 11.6 Å². The van der Waals surface area contributed by atoms with Gasteiger partial charge in [0.2, 0.25) is 17.8 Å². The van der Waals surface area contributed by atoms with E-state index in [2.05, 4.69) is 30.7 Å². The number of aromatic nitrogens is 3. The maximum absolute atomic E-state index is 13.4. The minimum atomic E-state index is -1.04. The van der Waals surface area contributed by atoms with Crippen LogP contribution in [-0.2, 0) is 19.1 Å². The van der Waals surface area contributed by atoms with Crippen molar-refractivity contribution in [3.8, 4) is 11.5 Å². The lowest BCUT2D eigenvalue weighted by molar-refractivity contribution is -0.136. The fourth-order valence-electron chi connectivity index (χ4n) is 8.54. The number of hydrogen-bond donors (Lipinski definition) is 3. The Morgan fingerprint density at radius 3 is 2.45 bits per heavy atom. The molecule has 4 aliphatic rings. The summed E-state index contributed by atoms with van der Waals surface area (Å²) in [6.45, 7) is 6.22. The number of imide groups is 2. The molecule has 6 heterocycles. The molecular weight excluding hydrogens is 822 g/mol. The fraction of sp³-hybridized carbons (Fsp3) is 0.442. The van der Waals surface area contributed by atoms with Gasteiger partial charge in [-0.25, -0.2) is 4.98 Å². The molecule has 4 aromatic rings. The van der Waals surface area contributed by atoms with Crippen molar-refractivity contribution in [2.45, 2.75) is 76.3 Å². The van der Waals surface area contributed by atoms with Crippen molar-refractivity contribution in [3.63, 3.8) is 0 Å². The Hall–Kier alpha value is -6.11. The number of likely N-dealkylation sites (tertiary alicyclic amines) is 1. The summed E-state index contributed by atoms with van der Waals surface area (Å²) >= 11 is 6.59. The summed E-state index contributed by atoms with van der Waals surface area (Å²) in [6, 6.07) is 10.8. The number of piperidine rings is 3. The molecule has 0 bridgehead atoms. The first kappa shape index (κ1) is 42.6. The second-order valence-corrected chi connectivity index (χ2v) is 16.7. The van der Waals surface area contributed by atoms with Gasteiger partial charge in [0.05, 0.1) is 35.0 Å². The molecule has 3 N–H and O–H groups in total. The number of nitrogens with one attached hydrogen (secondary N) is 3. The third-order valence-corrected chi connectivity index (χ3v) is 11.8. The van der Waals surface area contributed by atoms with E-state index in [1.54, 1.807) is 35.0 Å². The summed E-state index contributed by atoms with van der Waals surface area (Å²) in [5.41, 5.74) is 1.43. The Morgan fingerprint density at radius 1 is 0.952 bits per heavy atom. The van der Waals surface area contributed by atoms with Crippen LogP contribution in [0.4, 0.5) is 17.5 Å². The van der Waals surface area contributed by atoms with E-state index < -0.39 is 29.7 Å². The zero-order valence-electron chi connectivity index (χ0n) is 34.8. The molecule has 0 radical (unpaired) electrons. The second kappa shape index (κ2) is 17.7. The van der Waals surface area contributed by atoms with E-state index in [0.29, 0.717) is 59.8 Å². The lowest BCUT2D eigenvalue weighted by Crippen LogP contribution is -2.54. The summed E-state index contributed by atoms with van der Waals surface area (Å²) in [7, 11) is 3.51. The van der Waals surface area contributed by atoms with Crippen molar-refractivity contribution >= 4 is 69.5 Å². The van der Waals surface area contributed by atoms with Gasteiger partial charge in [0.25, 0.3) is 23.3 Å². The van der Waals surface area contributed by atoms with Crippen molar-refractivity contribution in [1.82, 2.24) is 35.0 Å². The average molecular weight is 870 g/mol. The van der Waals surface area contributed by atoms with Crippen molar-refractivity contribution < 1.29 is 38.2 Å². The van der Waals surface area contributed by atoms with Crippen LogP contribution in [0, 0.1) is 0 Å². The lowest BCUT2D eigenvalue weighted by Gasteiger charge is -2.39. The molecule has 1 unspecified atom stereocenters. The minimum absolute atomic E-state index is 0.00116. The van der Waals surface area contributed by atoms with Crippen LogP contribution in [0.5, 0.6) is 11.5 Å². The van der Waals surface area contributed by atoms with E-state index in [1.165, 1.54) is 7.05 Å². The number of pyridine rings is 1. The average Bonchev–Trinajstić information content (AvgIpc) is 3.48. The van der Waals surface area contributed by atoms with Crippen LogP contribution in [0.2, 0.25) is 5.02 Å². The molecular formula is C43H48ClN9O9. The third-order valence-electron chi connectivity index (χ3n) is 11.5. The van der Waals surface area contributed by atoms with Gasteiger partial charge in [-0.3, -0.25) is 39.0 Å². The Bertz CT molecular complexity index is 2510. The highest BCUT2D eigenvalue weighted by molar-refractivity contribution is 6.33. The number of benzene rings is 2. The molecule has 5 amide bonds. The summed E-state index contributed by atoms with van der Waals surface area (Å²) in [4.78, 5) is 90.2. The first-order valence-corrected chi connectivity index (χ1v) is 21.1. The van der Waals surface area contributed by atoms with Crippen LogP contribution in [0.1, 0.15) is 72.7 Å². The molecule has 2 aromatic heterocycles. The zero-order chi connectivity index (χ0) is 43.8. The summed E-state index contributed by atoms with van der Waals surface area (Å²) in [6.07, 6.45) is 3.48. The quantitative estimate of drug-likeness (QED) is 0.175. The highest BCUT2D eigenvalue weighted by Crippen LogP contribution is 2.33. The predicted molar refractivity (Wildman–Crippen MR) is 228 cm³/mol. The van der Waals surface area contributed by atoms with Crippen molar-refractivity contribution in [2.24, 2.45) is 0 Å². The zero-order valence-corrected chi connectivity index (χ0v) is 35.6. The highest BCUT2D eigenvalue weighted by atomic mass is 35.5. The van der Waals surface area contributed by atoms with Crippen molar-refractivity contribution in [3.05, 3.63) is 75.2 Å². The summed E-state index contributed by atoms with van der Waals surface area (Å²) in [5, 5.41) is 9.08. The molecule has 0 aliphatic carbocycles. The molecule has 3 saturated heterocycles. The lowest BCUT2D eigenvalue weighted by atomic mass is 10.0. The van der Waals surface area contributed by atoms with Crippen LogP contribution < -0.4 is 35.9 Å². The van der Waals surface area contributed by atoms with Crippen LogP contribution in [0.15, 0.2) is 53.5 Å². The number of carbonyl (C=O) groups is 5. The van der Waals surface area contributed by atoms with Gasteiger partial charge in [-0.2, -0.15) is 4.98 Å². The van der Waals surface area contributed by atoms with Gasteiger partial charge >= 0.3 is 0 Å². The van der Waals surface area contributed by atoms with E-state index in [9.17, 15) is 28.8 Å². The highest BCUT2D eigenvalue weighted by Gasteiger charge is 2.45. The topological polar surface area (TPSA) is 207 Å². The van der Waals surface area contributed by atoms with E-state index in [1.807, 2.05) is 39.1 Å². The van der Waals surface area contributed by atoms with Gasteiger partial charge < -0.3 is 39.2 Å². The number of likely N-dealkylation sites (N-methyl/N-ethyl adjacent to an activating group) is 2. The number of rotatable bonds is 12. The van der Waals surface area contributed by atoms with Crippen molar-refractivity contribution in [1.29, 1.82) is 0 Å². The minimum Gasteiger partial charge on any atom is -0.489 e. The number of hydrogen-bond acceptors (Lipinski definition) is 14. The first-order valence-electron chi connectivity index (χ1n) is 20.7. The number of amides is 5. The number of fused-ring (bicyclic) bond motifs is 2. The first-order chi connectivity index (χ1) is 29.8. The Balaban J connectivity index is 0.876. The molecule has 3 fully saturated rings. The maximum Gasteiger partial charge on any atom is 0.293 e. The van der Waals surface area contributed by atoms with E-state index >= 15 is 0 Å². The molecule has 0 spiro atoms.